The number of rotatable bonds is 2. The van der Waals surface area contributed by atoms with Gasteiger partial charge in [-0.25, -0.2) is 4.98 Å². The lowest BCUT2D eigenvalue weighted by atomic mass is 10.0. The fraction of sp³-hybridized carbons (Fsp3) is 0.636. The Balaban J connectivity index is 2.17. The van der Waals surface area contributed by atoms with Crippen molar-refractivity contribution in [2.75, 3.05) is 13.2 Å². The van der Waals surface area contributed by atoms with Crippen molar-refractivity contribution in [2.24, 2.45) is 0 Å². The summed E-state index contributed by atoms with van der Waals surface area (Å²) >= 11 is 1.38. The van der Waals surface area contributed by atoms with Gasteiger partial charge in [0.2, 0.25) is 0 Å². The van der Waals surface area contributed by atoms with Gasteiger partial charge in [0.05, 0.1) is 23.9 Å². The van der Waals surface area contributed by atoms with Gasteiger partial charge in [-0.05, 0) is 26.2 Å². The Bertz CT molecular complexity index is 378. The monoisotopic (exact) mass is 240 g/mol. The summed E-state index contributed by atoms with van der Waals surface area (Å²) in [6.45, 7) is 2.66. The van der Waals surface area contributed by atoms with Crippen molar-refractivity contribution in [3.8, 4) is 0 Å². The van der Waals surface area contributed by atoms with E-state index in [4.69, 9.17) is 0 Å². The van der Waals surface area contributed by atoms with Crippen LogP contribution in [0.5, 0.6) is 0 Å². The van der Waals surface area contributed by atoms with Crippen LogP contribution >= 0.6 is 11.3 Å². The topological polar surface area (TPSA) is 53.4 Å². The van der Waals surface area contributed by atoms with Gasteiger partial charge in [-0.15, -0.1) is 11.3 Å². The summed E-state index contributed by atoms with van der Waals surface area (Å²) in [4.78, 5) is 18.8. The van der Waals surface area contributed by atoms with Crippen LogP contribution in [0.1, 0.15) is 34.6 Å². The molecule has 1 fully saturated rings. The first-order valence-corrected chi connectivity index (χ1v) is 6.44. The number of thiazole rings is 1. The molecule has 16 heavy (non-hydrogen) atoms. The molecule has 2 heterocycles. The smallest absolute Gasteiger partial charge is 0.266 e. The minimum absolute atomic E-state index is 0.0113. The molecule has 1 saturated heterocycles. The highest BCUT2D eigenvalue weighted by atomic mass is 32.1. The quantitative estimate of drug-likeness (QED) is 0.851. The van der Waals surface area contributed by atoms with Crippen LogP contribution in [0.2, 0.25) is 0 Å². The summed E-state index contributed by atoms with van der Waals surface area (Å²) in [7, 11) is 0. The third-order valence-electron chi connectivity index (χ3n) is 3.04. The zero-order chi connectivity index (χ0) is 11.5. The largest absolute Gasteiger partial charge is 0.394 e. The number of likely N-dealkylation sites (tertiary alicyclic amines) is 1. The minimum atomic E-state index is -0.0113. The molecule has 0 saturated carbocycles. The number of hydrogen-bond donors (Lipinski definition) is 1. The third kappa shape index (κ3) is 2.10. The normalized spacial score (nSPS) is 21.1. The van der Waals surface area contributed by atoms with Crippen LogP contribution in [0, 0.1) is 6.92 Å². The Morgan fingerprint density at radius 3 is 3.12 bits per heavy atom. The Morgan fingerprint density at radius 2 is 2.50 bits per heavy atom. The molecule has 0 aliphatic carbocycles. The van der Waals surface area contributed by atoms with Crippen molar-refractivity contribution in [1.82, 2.24) is 9.88 Å². The van der Waals surface area contributed by atoms with Crippen molar-refractivity contribution >= 4 is 17.2 Å². The number of carbonyl (C=O) groups is 1. The van der Waals surface area contributed by atoms with Crippen molar-refractivity contribution < 1.29 is 9.90 Å². The second kappa shape index (κ2) is 4.93. The van der Waals surface area contributed by atoms with Gasteiger partial charge in [-0.1, -0.05) is 0 Å². The van der Waals surface area contributed by atoms with E-state index in [0.29, 0.717) is 4.88 Å². The lowest BCUT2D eigenvalue weighted by molar-refractivity contribution is 0.0507. The van der Waals surface area contributed by atoms with E-state index in [1.54, 1.807) is 10.4 Å². The van der Waals surface area contributed by atoms with Crippen LogP contribution in [0.25, 0.3) is 0 Å². The second-order valence-corrected chi connectivity index (χ2v) is 4.95. The van der Waals surface area contributed by atoms with Crippen molar-refractivity contribution in [1.29, 1.82) is 0 Å². The zero-order valence-electron chi connectivity index (χ0n) is 9.35. The van der Waals surface area contributed by atoms with E-state index in [9.17, 15) is 9.90 Å². The molecule has 1 aliphatic rings. The fourth-order valence-electron chi connectivity index (χ4n) is 2.10. The number of aliphatic hydroxyl groups excluding tert-OH is 1. The molecule has 1 unspecified atom stereocenters. The number of hydrogen-bond acceptors (Lipinski definition) is 4. The Labute approximate surface area is 98.9 Å². The van der Waals surface area contributed by atoms with Gasteiger partial charge >= 0.3 is 0 Å². The van der Waals surface area contributed by atoms with E-state index < -0.39 is 0 Å². The van der Waals surface area contributed by atoms with Crippen LogP contribution in [0.15, 0.2) is 5.51 Å². The fourth-order valence-corrected chi connectivity index (χ4v) is 2.85. The number of amides is 1. The average Bonchev–Trinajstić information content (AvgIpc) is 2.74. The number of aliphatic hydroxyl groups is 1. The first-order valence-electron chi connectivity index (χ1n) is 5.56. The molecule has 1 aromatic heterocycles. The average molecular weight is 240 g/mol. The standard InChI is InChI=1S/C11H16N2O2S/c1-8-10(16-7-12-8)11(15)13-5-3-2-4-9(13)6-14/h7,9,14H,2-6H2,1H3. The number of aryl methyl sites for hydroxylation is 1. The first-order chi connectivity index (χ1) is 7.74. The minimum Gasteiger partial charge on any atom is -0.394 e. The molecule has 5 heteroatoms. The van der Waals surface area contributed by atoms with Crippen LogP contribution in [-0.2, 0) is 0 Å². The Hall–Kier alpha value is -0.940. The van der Waals surface area contributed by atoms with E-state index in [1.165, 1.54) is 11.3 Å². The molecular weight excluding hydrogens is 224 g/mol. The number of aromatic nitrogens is 1. The van der Waals surface area contributed by atoms with E-state index in [0.717, 1.165) is 31.5 Å². The van der Waals surface area contributed by atoms with Crippen molar-refractivity contribution in [3.05, 3.63) is 16.1 Å². The summed E-state index contributed by atoms with van der Waals surface area (Å²) in [6, 6.07) is -0.0113. The van der Waals surface area contributed by atoms with E-state index in [1.807, 2.05) is 6.92 Å². The molecule has 1 aliphatic heterocycles. The summed E-state index contributed by atoms with van der Waals surface area (Å²) in [5, 5.41) is 9.27. The predicted octanol–water partition coefficient (Wildman–Crippen LogP) is 1.44. The lowest BCUT2D eigenvalue weighted by Crippen LogP contribution is -2.45. The molecule has 2 rings (SSSR count). The maximum Gasteiger partial charge on any atom is 0.266 e. The van der Waals surface area contributed by atoms with Gasteiger partial charge in [0.15, 0.2) is 0 Å². The van der Waals surface area contributed by atoms with Gasteiger partial charge in [0.1, 0.15) is 4.88 Å². The molecule has 1 aromatic rings. The van der Waals surface area contributed by atoms with Crippen LogP contribution in [0.3, 0.4) is 0 Å². The van der Waals surface area contributed by atoms with Crippen molar-refractivity contribution in [2.45, 2.75) is 32.2 Å². The highest BCUT2D eigenvalue weighted by molar-refractivity contribution is 7.11. The second-order valence-electron chi connectivity index (χ2n) is 4.10. The highest BCUT2D eigenvalue weighted by Crippen LogP contribution is 2.22. The molecular formula is C11H16N2O2S. The van der Waals surface area contributed by atoms with Gasteiger partial charge in [0.25, 0.3) is 5.91 Å². The van der Waals surface area contributed by atoms with Crippen molar-refractivity contribution in [3.63, 3.8) is 0 Å². The summed E-state index contributed by atoms with van der Waals surface area (Å²) < 4.78 is 0. The summed E-state index contributed by atoms with van der Waals surface area (Å²) in [5.74, 6) is 0.0266. The number of carbonyl (C=O) groups excluding carboxylic acids is 1. The van der Waals surface area contributed by atoms with E-state index in [-0.39, 0.29) is 18.6 Å². The molecule has 1 amide bonds. The molecule has 0 bridgehead atoms. The third-order valence-corrected chi connectivity index (χ3v) is 3.96. The van der Waals surface area contributed by atoms with Crippen LogP contribution < -0.4 is 0 Å². The molecule has 88 valence electrons. The van der Waals surface area contributed by atoms with Crippen LogP contribution in [0.4, 0.5) is 0 Å². The Kier molecular flexibility index (Phi) is 3.56. The maximum atomic E-state index is 12.2. The van der Waals surface area contributed by atoms with Gasteiger partial charge < -0.3 is 10.0 Å². The van der Waals surface area contributed by atoms with Gasteiger partial charge in [0, 0.05) is 6.54 Å². The molecule has 0 radical (unpaired) electrons. The first kappa shape index (κ1) is 11.5. The highest BCUT2D eigenvalue weighted by Gasteiger charge is 2.28. The molecule has 1 N–H and O–H groups in total. The van der Waals surface area contributed by atoms with Gasteiger partial charge in [-0.2, -0.15) is 0 Å². The molecule has 4 nitrogen and oxygen atoms in total. The Morgan fingerprint density at radius 1 is 1.69 bits per heavy atom. The van der Waals surface area contributed by atoms with E-state index >= 15 is 0 Å². The summed E-state index contributed by atoms with van der Waals surface area (Å²) in [5.41, 5.74) is 2.48. The lowest BCUT2D eigenvalue weighted by Gasteiger charge is -2.34. The number of nitrogens with zero attached hydrogens (tertiary/aromatic N) is 2. The van der Waals surface area contributed by atoms with Gasteiger partial charge in [-0.3, -0.25) is 4.79 Å². The number of piperidine rings is 1. The summed E-state index contributed by atoms with van der Waals surface area (Å²) in [6.07, 6.45) is 3.02. The zero-order valence-corrected chi connectivity index (χ0v) is 10.2. The molecule has 1 atom stereocenters. The SMILES string of the molecule is Cc1ncsc1C(=O)N1CCCCC1CO. The molecule has 0 spiro atoms. The maximum absolute atomic E-state index is 12.2. The predicted molar refractivity (Wildman–Crippen MR) is 62.6 cm³/mol. The molecule has 0 aromatic carbocycles. The van der Waals surface area contributed by atoms with Crippen LogP contribution in [-0.4, -0.2) is 40.1 Å². The van der Waals surface area contributed by atoms with E-state index in [2.05, 4.69) is 4.98 Å².